The average molecular weight is 246 g/mol. The van der Waals surface area contributed by atoms with Crippen molar-refractivity contribution in [2.75, 3.05) is 23.7 Å². The Hall–Kier alpha value is -2.11. The standard InChI is InChI=1S/C12H18N6/c1-2-13-11-5-3-6-12(16-11)14-7-4-9-18-10-8-15-17-18/h3,5-6,8,10H,2,4,7,9H2,1H3,(H2,13,14,16). The topological polar surface area (TPSA) is 67.7 Å². The molecular formula is C12H18N6. The van der Waals surface area contributed by atoms with Gasteiger partial charge in [-0.05, 0) is 25.5 Å². The van der Waals surface area contributed by atoms with Crippen LogP contribution in [0.3, 0.4) is 0 Å². The number of aromatic nitrogens is 4. The first-order valence-electron chi connectivity index (χ1n) is 6.17. The van der Waals surface area contributed by atoms with Gasteiger partial charge >= 0.3 is 0 Å². The molecular weight excluding hydrogens is 228 g/mol. The van der Waals surface area contributed by atoms with Crippen molar-refractivity contribution in [3.8, 4) is 0 Å². The zero-order valence-electron chi connectivity index (χ0n) is 10.5. The lowest BCUT2D eigenvalue weighted by Crippen LogP contribution is -2.09. The minimum Gasteiger partial charge on any atom is -0.370 e. The summed E-state index contributed by atoms with van der Waals surface area (Å²) in [6.45, 7) is 4.66. The molecule has 0 aliphatic carbocycles. The molecule has 0 aliphatic rings. The van der Waals surface area contributed by atoms with Crippen molar-refractivity contribution in [2.45, 2.75) is 19.9 Å². The number of rotatable bonds is 7. The summed E-state index contributed by atoms with van der Waals surface area (Å²) >= 11 is 0. The second kappa shape index (κ2) is 6.58. The Morgan fingerprint density at radius 2 is 2.06 bits per heavy atom. The molecule has 2 rings (SSSR count). The molecule has 0 unspecified atom stereocenters. The van der Waals surface area contributed by atoms with Crippen molar-refractivity contribution in [1.82, 2.24) is 20.0 Å². The van der Waals surface area contributed by atoms with Gasteiger partial charge in [-0.2, -0.15) is 0 Å². The molecule has 0 atom stereocenters. The zero-order chi connectivity index (χ0) is 12.6. The van der Waals surface area contributed by atoms with E-state index in [9.17, 15) is 0 Å². The molecule has 0 saturated carbocycles. The summed E-state index contributed by atoms with van der Waals surface area (Å²) in [5.41, 5.74) is 0. The second-order valence-corrected chi connectivity index (χ2v) is 3.88. The van der Waals surface area contributed by atoms with E-state index in [2.05, 4.69) is 32.9 Å². The van der Waals surface area contributed by atoms with Crippen molar-refractivity contribution in [1.29, 1.82) is 0 Å². The van der Waals surface area contributed by atoms with Crippen LogP contribution in [0.25, 0.3) is 0 Å². The van der Waals surface area contributed by atoms with E-state index >= 15 is 0 Å². The molecule has 0 bridgehead atoms. The predicted molar refractivity (Wildman–Crippen MR) is 71.5 cm³/mol. The molecule has 0 amide bonds. The van der Waals surface area contributed by atoms with E-state index < -0.39 is 0 Å². The van der Waals surface area contributed by atoms with Crippen LogP contribution in [0.15, 0.2) is 30.6 Å². The molecule has 18 heavy (non-hydrogen) atoms. The number of aryl methyl sites for hydroxylation is 1. The van der Waals surface area contributed by atoms with E-state index in [4.69, 9.17) is 0 Å². The molecule has 2 N–H and O–H groups in total. The van der Waals surface area contributed by atoms with Crippen LogP contribution in [0.4, 0.5) is 11.6 Å². The molecule has 0 fully saturated rings. The first kappa shape index (κ1) is 12.3. The SMILES string of the molecule is CCNc1cccc(NCCCn2ccnn2)n1. The van der Waals surface area contributed by atoms with Gasteiger partial charge in [0.15, 0.2) is 0 Å². The highest BCUT2D eigenvalue weighted by Gasteiger charge is 1.96. The Balaban J connectivity index is 1.74. The van der Waals surface area contributed by atoms with Gasteiger partial charge in [-0.15, -0.1) is 5.10 Å². The van der Waals surface area contributed by atoms with Crippen LogP contribution in [-0.4, -0.2) is 33.1 Å². The second-order valence-electron chi connectivity index (χ2n) is 3.88. The average Bonchev–Trinajstić information content (AvgIpc) is 2.89. The highest BCUT2D eigenvalue weighted by molar-refractivity contribution is 5.44. The van der Waals surface area contributed by atoms with E-state index in [-0.39, 0.29) is 0 Å². The fourth-order valence-corrected chi connectivity index (χ4v) is 1.62. The van der Waals surface area contributed by atoms with Gasteiger partial charge in [-0.1, -0.05) is 11.3 Å². The summed E-state index contributed by atoms with van der Waals surface area (Å²) in [6, 6.07) is 5.92. The Labute approximate surface area is 106 Å². The van der Waals surface area contributed by atoms with Crippen molar-refractivity contribution >= 4 is 11.6 Å². The minimum atomic E-state index is 0.861. The van der Waals surface area contributed by atoms with Crippen LogP contribution in [0, 0.1) is 0 Å². The van der Waals surface area contributed by atoms with E-state index in [1.165, 1.54) is 0 Å². The first-order valence-corrected chi connectivity index (χ1v) is 6.17. The van der Waals surface area contributed by atoms with Crippen molar-refractivity contribution in [2.24, 2.45) is 0 Å². The lowest BCUT2D eigenvalue weighted by atomic mass is 10.4. The summed E-state index contributed by atoms with van der Waals surface area (Å²) in [5.74, 6) is 1.80. The smallest absolute Gasteiger partial charge is 0.128 e. The third-order valence-electron chi connectivity index (χ3n) is 2.45. The van der Waals surface area contributed by atoms with Gasteiger partial charge in [0, 0.05) is 25.8 Å². The van der Waals surface area contributed by atoms with Gasteiger partial charge < -0.3 is 10.6 Å². The number of hydrogen-bond acceptors (Lipinski definition) is 5. The Morgan fingerprint density at radius 3 is 2.78 bits per heavy atom. The monoisotopic (exact) mass is 246 g/mol. The van der Waals surface area contributed by atoms with Crippen LogP contribution >= 0.6 is 0 Å². The number of anilines is 2. The molecule has 6 nitrogen and oxygen atoms in total. The number of pyridine rings is 1. The van der Waals surface area contributed by atoms with E-state index in [1.54, 1.807) is 6.20 Å². The molecule has 0 saturated heterocycles. The fourth-order valence-electron chi connectivity index (χ4n) is 1.62. The summed E-state index contributed by atoms with van der Waals surface area (Å²) in [6.07, 6.45) is 4.54. The van der Waals surface area contributed by atoms with Gasteiger partial charge in [-0.3, -0.25) is 4.68 Å². The van der Waals surface area contributed by atoms with Crippen LogP contribution in [-0.2, 0) is 6.54 Å². The van der Waals surface area contributed by atoms with Gasteiger partial charge in [-0.25, -0.2) is 4.98 Å². The van der Waals surface area contributed by atoms with Crippen LogP contribution in [0.5, 0.6) is 0 Å². The van der Waals surface area contributed by atoms with Gasteiger partial charge in [0.1, 0.15) is 11.6 Å². The maximum absolute atomic E-state index is 4.44. The van der Waals surface area contributed by atoms with Crippen molar-refractivity contribution < 1.29 is 0 Å². The molecule has 0 radical (unpaired) electrons. The summed E-state index contributed by atoms with van der Waals surface area (Å²) in [7, 11) is 0. The predicted octanol–water partition coefficient (Wildman–Crippen LogP) is 1.61. The number of nitrogens with one attached hydrogen (secondary N) is 2. The molecule has 6 heteroatoms. The Morgan fingerprint density at radius 1 is 1.22 bits per heavy atom. The van der Waals surface area contributed by atoms with Crippen molar-refractivity contribution in [3.05, 3.63) is 30.6 Å². The van der Waals surface area contributed by atoms with E-state index in [0.717, 1.165) is 37.7 Å². The van der Waals surface area contributed by atoms with Gasteiger partial charge in [0.2, 0.25) is 0 Å². The molecule has 2 aromatic rings. The maximum Gasteiger partial charge on any atom is 0.128 e. The summed E-state index contributed by atoms with van der Waals surface area (Å²) in [5, 5.41) is 14.2. The van der Waals surface area contributed by atoms with Crippen LogP contribution in [0.2, 0.25) is 0 Å². The summed E-state index contributed by atoms with van der Waals surface area (Å²) in [4.78, 5) is 4.44. The fraction of sp³-hybridized carbons (Fsp3) is 0.417. The van der Waals surface area contributed by atoms with Crippen molar-refractivity contribution in [3.63, 3.8) is 0 Å². The number of hydrogen-bond donors (Lipinski definition) is 2. The number of nitrogens with zero attached hydrogens (tertiary/aromatic N) is 4. The quantitative estimate of drug-likeness (QED) is 0.726. The molecule has 96 valence electrons. The molecule has 2 heterocycles. The van der Waals surface area contributed by atoms with E-state index in [1.807, 2.05) is 29.1 Å². The third kappa shape index (κ3) is 3.73. The Kier molecular flexibility index (Phi) is 4.52. The van der Waals surface area contributed by atoms with E-state index in [0.29, 0.717) is 0 Å². The molecule has 0 aromatic carbocycles. The zero-order valence-corrected chi connectivity index (χ0v) is 10.5. The largest absolute Gasteiger partial charge is 0.370 e. The highest BCUT2D eigenvalue weighted by atomic mass is 15.4. The maximum atomic E-state index is 4.44. The lowest BCUT2D eigenvalue weighted by Gasteiger charge is -2.07. The molecule has 0 aliphatic heterocycles. The first-order chi connectivity index (χ1) is 8.88. The molecule has 2 aromatic heterocycles. The third-order valence-corrected chi connectivity index (χ3v) is 2.45. The van der Waals surface area contributed by atoms with Crippen LogP contribution < -0.4 is 10.6 Å². The normalized spacial score (nSPS) is 10.3. The lowest BCUT2D eigenvalue weighted by molar-refractivity contribution is 0.569. The van der Waals surface area contributed by atoms with Gasteiger partial charge in [0.25, 0.3) is 0 Å². The minimum absolute atomic E-state index is 0.861. The highest BCUT2D eigenvalue weighted by Crippen LogP contribution is 2.08. The van der Waals surface area contributed by atoms with Crippen LogP contribution in [0.1, 0.15) is 13.3 Å². The Bertz CT molecular complexity index is 453. The summed E-state index contributed by atoms with van der Waals surface area (Å²) < 4.78 is 1.82. The van der Waals surface area contributed by atoms with Gasteiger partial charge in [0.05, 0.1) is 6.20 Å². The molecule has 0 spiro atoms.